The SMILES string of the molecule is c1ccc(Cn2nnnc2CN2CCn3ccnc3C2)cc1. The number of tetrazole rings is 1. The Labute approximate surface area is 128 Å². The largest absolute Gasteiger partial charge is 0.333 e. The van der Waals surface area contributed by atoms with Crippen LogP contribution in [0.1, 0.15) is 17.2 Å². The molecular formula is C15H17N7. The van der Waals surface area contributed by atoms with Crippen LogP contribution >= 0.6 is 0 Å². The van der Waals surface area contributed by atoms with Crippen LogP contribution in [0.2, 0.25) is 0 Å². The first kappa shape index (κ1) is 13.1. The number of fused-ring (bicyclic) bond motifs is 1. The molecule has 0 N–H and O–H groups in total. The zero-order valence-corrected chi connectivity index (χ0v) is 12.2. The van der Waals surface area contributed by atoms with Crippen LogP contribution in [-0.2, 0) is 26.2 Å². The van der Waals surface area contributed by atoms with Gasteiger partial charge in [-0.15, -0.1) is 5.10 Å². The number of benzene rings is 1. The second-order valence-corrected chi connectivity index (χ2v) is 5.49. The highest BCUT2D eigenvalue weighted by molar-refractivity contribution is 5.15. The third kappa shape index (κ3) is 2.62. The Morgan fingerprint density at radius 2 is 1.95 bits per heavy atom. The van der Waals surface area contributed by atoms with Gasteiger partial charge >= 0.3 is 0 Å². The monoisotopic (exact) mass is 295 g/mol. The molecule has 0 atom stereocenters. The predicted octanol–water partition coefficient (Wildman–Crippen LogP) is 0.934. The minimum Gasteiger partial charge on any atom is -0.333 e. The van der Waals surface area contributed by atoms with Crippen LogP contribution in [-0.4, -0.2) is 41.2 Å². The fourth-order valence-electron chi connectivity index (χ4n) is 2.77. The molecule has 0 aliphatic carbocycles. The van der Waals surface area contributed by atoms with Crippen LogP contribution in [0.4, 0.5) is 0 Å². The fourth-order valence-corrected chi connectivity index (χ4v) is 2.77. The van der Waals surface area contributed by atoms with Gasteiger partial charge in [0.2, 0.25) is 0 Å². The second-order valence-electron chi connectivity index (χ2n) is 5.49. The minimum absolute atomic E-state index is 0.700. The van der Waals surface area contributed by atoms with E-state index in [1.165, 1.54) is 5.56 Å². The molecule has 7 nitrogen and oxygen atoms in total. The topological polar surface area (TPSA) is 64.7 Å². The van der Waals surface area contributed by atoms with Gasteiger partial charge in [-0.25, -0.2) is 9.67 Å². The molecule has 112 valence electrons. The average Bonchev–Trinajstić information content (AvgIpc) is 3.18. The lowest BCUT2D eigenvalue weighted by molar-refractivity contribution is 0.201. The number of hydrogen-bond acceptors (Lipinski definition) is 5. The molecule has 1 aromatic carbocycles. The van der Waals surface area contributed by atoms with Gasteiger partial charge in [0.05, 0.1) is 19.6 Å². The standard InChI is InChI=1S/C15H17N7/c1-2-4-13(5-3-1)10-22-15(17-18-19-22)12-20-8-9-21-7-6-16-14(21)11-20/h1-7H,8-12H2. The molecule has 4 rings (SSSR count). The third-order valence-electron chi connectivity index (χ3n) is 3.97. The van der Waals surface area contributed by atoms with Gasteiger partial charge in [-0.2, -0.15) is 0 Å². The average molecular weight is 295 g/mol. The van der Waals surface area contributed by atoms with Gasteiger partial charge in [-0.1, -0.05) is 30.3 Å². The Morgan fingerprint density at radius 3 is 2.86 bits per heavy atom. The summed E-state index contributed by atoms with van der Waals surface area (Å²) in [7, 11) is 0. The summed E-state index contributed by atoms with van der Waals surface area (Å²) < 4.78 is 4.07. The molecule has 2 aromatic heterocycles. The van der Waals surface area contributed by atoms with E-state index >= 15 is 0 Å². The van der Waals surface area contributed by atoms with Crippen molar-refractivity contribution in [2.75, 3.05) is 6.54 Å². The maximum absolute atomic E-state index is 4.39. The van der Waals surface area contributed by atoms with E-state index in [2.05, 4.69) is 42.1 Å². The molecule has 0 spiro atoms. The molecule has 0 fully saturated rings. The summed E-state index contributed by atoms with van der Waals surface area (Å²) in [5.74, 6) is 2.00. The van der Waals surface area contributed by atoms with Gasteiger partial charge in [0.15, 0.2) is 5.82 Å². The van der Waals surface area contributed by atoms with Gasteiger partial charge in [0, 0.05) is 25.5 Å². The Bertz CT molecular complexity index is 746. The van der Waals surface area contributed by atoms with E-state index < -0.39 is 0 Å². The van der Waals surface area contributed by atoms with E-state index in [0.717, 1.165) is 37.8 Å². The zero-order valence-electron chi connectivity index (χ0n) is 12.2. The summed E-state index contributed by atoms with van der Waals surface area (Å²) in [6.45, 7) is 4.24. The smallest absolute Gasteiger partial charge is 0.165 e. The van der Waals surface area contributed by atoms with Gasteiger partial charge in [0.1, 0.15) is 5.82 Å². The molecular weight excluding hydrogens is 278 g/mol. The van der Waals surface area contributed by atoms with Crippen molar-refractivity contribution < 1.29 is 0 Å². The van der Waals surface area contributed by atoms with Crippen molar-refractivity contribution in [2.45, 2.75) is 26.2 Å². The first-order valence-corrected chi connectivity index (χ1v) is 7.40. The highest BCUT2D eigenvalue weighted by Crippen LogP contribution is 2.13. The summed E-state index contributed by atoms with van der Waals surface area (Å²) in [6.07, 6.45) is 3.89. The van der Waals surface area contributed by atoms with Crippen LogP contribution < -0.4 is 0 Å². The Kier molecular flexibility index (Phi) is 3.40. The van der Waals surface area contributed by atoms with Crippen LogP contribution in [0.3, 0.4) is 0 Å². The Morgan fingerprint density at radius 1 is 1.05 bits per heavy atom. The van der Waals surface area contributed by atoms with Crippen molar-refractivity contribution in [3.63, 3.8) is 0 Å². The molecule has 0 saturated carbocycles. The van der Waals surface area contributed by atoms with E-state index in [-0.39, 0.29) is 0 Å². The van der Waals surface area contributed by atoms with Crippen LogP contribution in [0.25, 0.3) is 0 Å². The summed E-state index contributed by atoms with van der Waals surface area (Å²) in [5.41, 5.74) is 1.20. The van der Waals surface area contributed by atoms with Crippen LogP contribution in [0, 0.1) is 0 Å². The molecule has 1 aliphatic rings. The molecule has 1 aliphatic heterocycles. The van der Waals surface area contributed by atoms with E-state index in [1.807, 2.05) is 35.3 Å². The molecule has 0 bridgehead atoms. The van der Waals surface area contributed by atoms with Gasteiger partial charge in [0.25, 0.3) is 0 Å². The first-order chi connectivity index (χ1) is 10.9. The highest BCUT2D eigenvalue weighted by atomic mass is 15.5. The molecule has 3 aromatic rings. The lowest BCUT2D eigenvalue weighted by Gasteiger charge is -2.26. The Balaban J connectivity index is 1.47. The van der Waals surface area contributed by atoms with Gasteiger partial charge < -0.3 is 4.57 Å². The maximum Gasteiger partial charge on any atom is 0.165 e. The van der Waals surface area contributed by atoms with E-state index in [1.54, 1.807) is 0 Å². The van der Waals surface area contributed by atoms with E-state index in [9.17, 15) is 0 Å². The molecule has 0 amide bonds. The maximum atomic E-state index is 4.39. The summed E-state index contributed by atoms with van der Waals surface area (Å²) in [5, 5.41) is 12.1. The minimum atomic E-state index is 0.700. The van der Waals surface area contributed by atoms with Crippen molar-refractivity contribution in [2.24, 2.45) is 0 Å². The zero-order chi connectivity index (χ0) is 14.8. The number of imidazole rings is 1. The van der Waals surface area contributed by atoms with Gasteiger partial charge in [-0.05, 0) is 16.0 Å². The van der Waals surface area contributed by atoms with Crippen molar-refractivity contribution in [3.8, 4) is 0 Å². The van der Waals surface area contributed by atoms with Crippen LogP contribution in [0.5, 0.6) is 0 Å². The summed E-state index contributed by atoms with van der Waals surface area (Å²) in [4.78, 5) is 6.72. The lowest BCUT2D eigenvalue weighted by atomic mass is 10.2. The van der Waals surface area contributed by atoms with Crippen LogP contribution in [0.15, 0.2) is 42.7 Å². The molecule has 7 heteroatoms. The molecule has 0 unspecified atom stereocenters. The Hall–Kier alpha value is -2.54. The number of aromatic nitrogens is 6. The molecule has 0 saturated heterocycles. The molecule has 0 radical (unpaired) electrons. The second kappa shape index (κ2) is 5.69. The normalized spacial score (nSPS) is 14.9. The summed E-state index contributed by atoms with van der Waals surface area (Å²) >= 11 is 0. The van der Waals surface area contributed by atoms with Crippen molar-refractivity contribution in [1.29, 1.82) is 0 Å². The number of rotatable bonds is 4. The number of nitrogens with zero attached hydrogens (tertiary/aromatic N) is 7. The predicted molar refractivity (Wildman–Crippen MR) is 79.7 cm³/mol. The first-order valence-electron chi connectivity index (χ1n) is 7.40. The van der Waals surface area contributed by atoms with E-state index in [4.69, 9.17) is 0 Å². The lowest BCUT2D eigenvalue weighted by Crippen LogP contribution is -2.34. The summed E-state index contributed by atoms with van der Waals surface area (Å²) in [6, 6.07) is 10.2. The van der Waals surface area contributed by atoms with E-state index in [0.29, 0.717) is 6.54 Å². The quantitative estimate of drug-likeness (QED) is 0.716. The van der Waals surface area contributed by atoms with Gasteiger partial charge in [-0.3, -0.25) is 4.90 Å². The van der Waals surface area contributed by atoms with Crippen molar-refractivity contribution in [1.82, 2.24) is 34.7 Å². The highest BCUT2D eigenvalue weighted by Gasteiger charge is 2.19. The fraction of sp³-hybridized carbons (Fsp3) is 0.333. The van der Waals surface area contributed by atoms with Crippen molar-refractivity contribution in [3.05, 3.63) is 59.9 Å². The van der Waals surface area contributed by atoms with Crippen molar-refractivity contribution >= 4 is 0 Å². The third-order valence-corrected chi connectivity index (χ3v) is 3.97. The molecule has 3 heterocycles. The molecule has 22 heavy (non-hydrogen) atoms. The number of hydrogen-bond donors (Lipinski definition) is 0.